The van der Waals surface area contributed by atoms with Gasteiger partial charge in [-0.2, -0.15) is 9.36 Å². The number of nitrogens with zero attached hydrogens (tertiary/aromatic N) is 3. The van der Waals surface area contributed by atoms with E-state index in [2.05, 4.69) is 14.7 Å². The highest BCUT2D eigenvalue weighted by atomic mass is 32.1. The summed E-state index contributed by atoms with van der Waals surface area (Å²) in [7, 11) is 0. The van der Waals surface area contributed by atoms with Gasteiger partial charge in [0.05, 0.1) is 0 Å². The minimum Gasteiger partial charge on any atom is -0.330 e. The third-order valence-electron chi connectivity index (χ3n) is 4.15. The Bertz CT molecular complexity index is 767. The summed E-state index contributed by atoms with van der Waals surface area (Å²) in [6.07, 6.45) is 1.52. The first-order valence-corrected chi connectivity index (χ1v) is 9.14. The van der Waals surface area contributed by atoms with Gasteiger partial charge in [0.1, 0.15) is 6.04 Å². The first-order chi connectivity index (χ1) is 11.9. The lowest BCUT2D eigenvalue weighted by Gasteiger charge is -2.29. The number of rotatable bonds is 3. The summed E-state index contributed by atoms with van der Waals surface area (Å²) < 4.78 is 4.29. The maximum Gasteiger partial charge on any atom is 0.248 e. The van der Waals surface area contributed by atoms with Gasteiger partial charge in [-0.25, -0.2) is 0 Å². The van der Waals surface area contributed by atoms with Crippen molar-refractivity contribution in [3.05, 3.63) is 30.3 Å². The molecule has 7 heteroatoms. The van der Waals surface area contributed by atoms with E-state index in [-0.39, 0.29) is 11.8 Å². The number of hydrogen-bond donors (Lipinski definition) is 1. The second-order valence-electron chi connectivity index (χ2n) is 7.18. The predicted molar refractivity (Wildman–Crippen MR) is 98.2 cm³/mol. The Hall–Kier alpha value is -2.28. The SMILES string of the molecule is CC(C)(C)C(=O)N1CCCC1C(=O)Nc1nc(-c2ccccc2)ns1. The first-order valence-electron chi connectivity index (χ1n) is 8.37. The van der Waals surface area contributed by atoms with Crippen LogP contribution >= 0.6 is 11.5 Å². The van der Waals surface area contributed by atoms with Crippen molar-refractivity contribution in [2.75, 3.05) is 11.9 Å². The Balaban J connectivity index is 1.70. The maximum absolute atomic E-state index is 12.6. The Morgan fingerprint density at radius 3 is 2.64 bits per heavy atom. The molecule has 1 saturated heterocycles. The number of benzene rings is 1. The maximum atomic E-state index is 12.6. The molecule has 1 fully saturated rings. The van der Waals surface area contributed by atoms with Gasteiger partial charge in [-0.3, -0.25) is 14.9 Å². The fraction of sp³-hybridized carbons (Fsp3) is 0.444. The molecule has 2 amide bonds. The van der Waals surface area contributed by atoms with Crippen molar-refractivity contribution in [2.24, 2.45) is 5.41 Å². The van der Waals surface area contributed by atoms with E-state index in [1.54, 1.807) is 4.90 Å². The van der Waals surface area contributed by atoms with E-state index < -0.39 is 11.5 Å². The summed E-state index contributed by atoms with van der Waals surface area (Å²) in [4.78, 5) is 31.3. The smallest absolute Gasteiger partial charge is 0.248 e. The molecule has 1 aliphatic heterocycles. The Morgan fingerprint density at radius 1 is 1.24 bits per heavy atom. The van der Waals surface area contributed by atoms with E-state index in [0.717, 1.165) is 23.5 Å². The van der Waals surface area contributed by atoms with Crippen LogP contribution in [0.4, 0.5) is 5.13 Å². The zero-order valence-corrected chi connectivity index (χ0v) is 15.5. The largest absolute Gasteiger partial charge is 0.330 e. The molecule has 0 spiro atoms. The minimum absolute atomic E-state index is 0.00684. The lowest BCUT2D eigenvalue weighted by molar-refractivity contribution is -0.143. The van der Waals surface area contributed by atoms with Crippen LogP contribution in [-0.2, 0) is 9.59 Å². The Labute approximate surface area is 151 Å². The van der Waals surface area contributed by atoms with Crippen molar-refractivity contribution in [3.63, 3.8) is 0 Å². The summed E-state index contributed by atoms with van der Waals surface area (Å²) in [5.74, 6) is 0.410. The van der Waals surface area contributed by atoms with Crippen LogP contribution in [0.5, 0.6) is 0 Å². The average Bonchev–Trinajstić information content (AvgIpc) is 3.23. The Morgan fingerprint density at radius 2 is 1.96 bits per heavy atom. The highest BCUT2D eigenvalue weighted by molar-refractivity contribution is 7.10. The van der Waals surface area contributed by atoms with Crippen molar-refractivity contribution >= 4 is 28.5 Å². The molecular formula is C18H22N4O2S. The molecule has 132 valence electrons. The van der Waals surface area contributed by atoms with E-state index in [1.165, 1.54) is 0 Å². The van der Waals surface area contributed by atoms with Crippen molar-refractivity contribution in [3.8, 4) is 11.4 Å². The van der Waals surface area contributed by atoms with Gasteiger partial charge in [0.15, 0.2) is 5.82 Å². The number of nitrogens with one attached hydrogen (secondary N) is 1. The highest BCUT2D eigenvalue weighted by Gasteiger charge is 2.38. The van der Waals surface area contributed by atoms with E-state index in [1.807, 2.05) is 51.1 Å². The predicted octanol–water partition coefficient (Wildman–Crippen LogP) is 3.18. The second-order valence-corrected chi connectivity index (χ2v) is 7.94. The van der Waals surface area contributed by atoms with Crippen molar-refractivity contribution in [1.82, 2.24) is 14.3 Å². The molecule has 0 radical (unpaired) electrons. The van der Waals surface area contributed by atoms with Crippen molar-refractivity contribution in [2.45, 2.75) is 39.7 Å². The summed E-state index contributed by atoms with van der Waals surface area (Å²) in [5.41, 5.74) is 0.413. The molecule has 0 aliphatic carbocycles. The molecule has 2 aromatic rings. The van der Waals surface area contributed by atoms with Crippen LogP contribution in [0.2, 0.25) is 0 Å². The van der Waals surface area contributed by atoms with Gasteiger partial charge in [-0.05, 0) is 12.8 Å². The molecule has 3 rings (SSSR count). The number of amides is 2. The van der Waals surface area contributed by atoms with Crippen LogP contribution < -0.4 is 5.32 Å². The zero-order chi connectivity index (χ0) is 18.0. The van der Waals surface area contributed by atoms with E-state index in [4.69, 9.17) is 0 Å². The lowest BCUT2D eigenvalue weighted by atomic mass is 9.94. The standard InChI is InChI=1S/C18H22N4O2S/c1-18(2,3)16(24)22-11-7-10-13(22)15(23)20-17-19-14(21-25-17)12-8-5-4-6-9-12/h4-6,8-9,13H,7,10-11H2,1-3H3,(H,19,20,21,23). The zero-order valence-electron chi connectivity index (χ0n) is 14.7. The topological polar surface area (TPSA) is 75.2 Å². The number of carbonyl (C=O) groups excluding carboxylic acids is 2. The lowest BCUT2D eigenvalue weighted by Crippen LogP contribution is -2.47. The van der Waals surface area contributed by atoms with Crippen LogP contribution in [0, 0.1) is 5.41 Å². The first kappa shape index (κ1) is 17.5. The van der Waals surface area contributed by atoms with E-state index in [0.29, 0.717) is 23.9 Å². The van der Waals surface area contributed by atoms with Gasteiger partial charge < -0.3 is 4.90 Å². The summed E-state index contributed by atoms with van der Waals surface area (Å²) in [5, 5.41) is 3.28. The van der Waals surface area contributed by atoms with Gasteiger partial charge in [0.2, 0.25) is 16.9 Å². The minimum atomic E-state index is -0.494. The van der Waals surface area contributed by atoms with Gasteiger partial charge in [-0.1, -0.05) is 51.1 Å². The molecule has 1 aliphatic rings. The summed E-state index contributed by atoms with van der Waals surface area (Å²) in [6, 6.07) is 9.19. The van der Waals surface area contributed by atoms with Crippen LogP contribution in [0.15, 0.2) is 30.3 Å². The number of hydrogen-bond acceptors (Lipinski definition) is 5. The number of aromatic nitrogens is 2. The molecule has 0 saturated carbocycles. The third kappa shape index (κ3) is 3.87. The number of likely N-dealkylation sites (tertiary alicyclic amines) is 1. The molecule has 1 atom stereocenters. The molecule has 1 unspecified atom stereocenters. The van der Waals surface area contributed by atoms with Crippen LogP contribution in [0.25, 0.3) is 11.4 Å². The van der Waals surface area contributed by atoms with Gasteiger partial charge in [-0.15, -0.1) is 0 Å². The van der Waals surface area contributed by atoms with Crippen LogP contribution in [0.3, 0.4) is 0 Å². The highest BCUT2D eigenvalue weighted by Crippen LogP contribution is 2.27. The van der Waals surface area contributed by atoms with Gasteiger partial charge in [0, 0.05) is 29.1 Å². The van der Waals surface area contributed by atoms with Crippen molar-refractivity contribution in [1.29, 1.82) is 0 Å². The van der Waals surface area contributed by atoms with Crippen LogP contribution in [0.1, 0.15) is 33.6 Å². The fourth-order valence-electron chi connectivity index (χ4n) is 2.88. The molecule has 1 aromatic heterocycles. The summed E-state index contributed by atoms with van der Waals surface area (Å²) >= 11 is 1.15. The van der Waals surface area contributed by atoms with E-state index >= 15 is 0 Å². The normalized spacial score (nSPS) is 17.6. The molecule has 25 heavy (non-hydrogen) atoms. The number of anilines is 1. The summed E-state index contributed by atoms with van der Waals surface area (Å²) in [6.45, 7) is 6.25. The van der Waals surface area contributed by atoms with Gasteiger partial charge >= 0.3 is 0 Å². The second kappa shape index (κ2) is 6.92. The third-order valence-corrected chi connectivity index (χ3v) is 4.78. The Kier molecular flexibility index (Phi) is 4.85. The van der Waals surface area contributed by atoms with E-state index in [9.17, 15) is 9.59 Å². The average molecular weight is 358 g/mol. The fourth-order valence-corrected chi connectivity index (χ4v) is 3.47. The number of carbonyl (C=O) groups is 2. The molecule has 1 N–H and O–H groups in total. The van der Waals surface area contributed by atoms with Gasteiger partial charge in [0.25, 0.3) is 0 Å². The molecule has 0 bridgehead atoms. The molecule has 1 aromatic carbocycles. The molecule has 6 nitrogen and oxygen atoms in total. The molecule has 2 heterocycles. The quantitative estimate of drug-likeness (QED) is 0.914. The monoisotopic (exact) mass is 358 g/mol. The van der Waals surface area contributed by atoms with Crippen LogP contribution in [-0.4, -0.2) is 38.7 Å². The molecular weight excluding hydrogens is 336 g/mol. The van der Waals surface area contributed by atoms with Crippen molar-refractivity contribution < 1.29 is 9.59 Å².